The van der Waals surface area contributed by atoms with Crippen LogP contribution in [-0.4, -0.2) is 19.9 Å². The Morgan fingerprint density at radius 3 is 1.51 bits per heavy atom. The third-order valence-electron chi connectivity index (χ3n) is 8.53. The molecule has 220 valence electrons. The van der Waals surface area contributed by atoms with E-state index in [0.29, 0.717) is 28.9 Å². The van der Waals surface area contributed by atoms with Crippen LogP contribution in [0.5, 0.6) is 0 Å². The minimum Gasteiger partial charge on any atom is -0.435 e. The van der Waals surface area contributed by atoms with E-state index in [0.717, 1.165) is 49.7 Å². The first kappa shape index (κ1) is 26.9. The molecule has 0 unspecified atom stereocenters. The van der Waals surface area contributed by atoms with Crippen LogP contribution in [0.4, 0.5) is 0 Å². The summed E-state index contributed by atoms with van der Waals surface area (Å²) in [4.78, 5) is 20.0. The summed E-state index contributed by atoms with van der Waals surface area (Å²) in [6.45, 7) is 0. The summed E-state index contributed by atoms with van der Waals surface area (Å²) in [6, 6.07) is 53.5. The van der Waals surface area contributed by atoms with Gasteiger partial charge in [-0.1, -0.05) is 127 Å². The van der Waals surface area contributed by atoms with E-state index in [1.54, 1.807) is 0 Å². The SMILES string of the molecule is c1ccc(-c2nc(-c3ccccc3)nc(-c3cc(-c4cc5ccccc5c5ccccc45)c4oc(-c5ccccc5)nc4c3)n2)cc1. The first-order valence-corrected chi connectivity index (χ1v) is 15.6. The normalized spacial score (nSPS) is 11.4. The number of hydrogen-bond acceptors (Lipinski definition) is 5. The molecule has 9 rings (SSSR count). The van der Waals surface area contributed by atoms with Gasteiger partial charge in [-0.05, 0) is 57.4 Å². The number of hydrogen-bond donors (Lipinski definition) is 0. The molecule has 0 bridgehead atoms. The molecule has 5 heteroatoms. The average Bonchev–Trinajstić information content (AvgIpc) is 3.60. The summed E-state index contributed by atoms with van der Waals surface area (Å²) >= 11 is 0. The number of rotatable bonds is 5. The third kappa shape index (κ3) is 4.82. The van der Waals surface area contributed by atoms with Crippen molar-refractivity contribution in [3.05, 3.63) is 158 Å². The maximum Gasteiger partial charge on any atom is 0.227 e. The summed E-state index contributed by atoms with van der Waals surface area (Å²) in [5.74, 6) is 2.35. The van der Waals surface area contributed by atoms with Gasteiger partial charge in [-0.2, -0.15) is 0 Å². The van der Waals surface area contributed by atoms with E-state index >= 15 is 0 Å². The standard InChI is InChI=1S/C42H26N4O/c1-4-14-27(15-5-1)39-44-40(28-16-6-2-7-17-28)46-41(45-39)31-25-36(38-37(26-31)43-42(47-38)29-18-8-3-9-19-29)35-24-30-20-10-11-21-32(30)33-22-12-13-23-34(33)35/h1-26H. The molecular formula is C42H26N4O. The monoisotopic (exact) mass is 602 g/mol. The summed E-state index contributed by atoms with van der Waals surface area (Å²) < 4.78 is 6.61. The Morgan fingerprint density at radius 2 is 0.872 bits per heavy atom. The Balaban J connectivity index is 1.35. The quantitative estimate of drug-likeness (QED) is 0.183. The van der Waals surface area contributed by atoms with Gasteiger partial charge >= 0.3 is 0 Å². The predicted octanol–water partition coefficient (Wildman–Crippen LogP) is 10.7. The number of nitrogens with zero attached hydrogens (tertiary/aromatic N) is 4. The zero-order chi connectivity index (χ0) is 31.2. The van der Waals surface area contributed by atoms with Crippen molar-refractivity contribution in [1.29, 1.82) is 0 Å². The molecule has 0 saturated carbocycles. The topological polar surface area (TPSA) is 64.7 Å². The van der Waals surface area contributed by atoms with Crippen molar-refractivity contribution in [2.24, 2.45) is 0 Å². The van der Waals surface area contributed by atoms with Crippen LogP contribution in [0.3, 0.4) is 0 Å². The van der Waals surface area contributed by atoms with E-state index in [2.05, 4.69) is 60.7 Å². The van der Waals surface area contributed by atoms with Gasteiger partial charge in [0.1, 0.15) is 5.52 Å². The maximum atomic E-state index is 6.61. The van der Waals surface area contributed by atoms with E-state index < -0.39 is 0 Å². The number of aromatic nitrogens is 4. The molecule has 47 heavy (non-hydrogen) atoms. The highest BCUT2D eigenvalue weighted by Crippen LogP contribution is 2.41. The largest absolute Gasteiger partial charge is 0.435 e. The summed E-state index contributed by atoms with van der Waals surface area (Å²) in [5, 5.41) is 4.67. The van der Waals surface area contributed by atoms with Crippen LogP contribution in [0.2, 0.25) is 0 Å². The molecule has 0 fully saturated rings. The first-order chi connectivity index (χ1) is 23.3. The van der Waals surface area contributed by atoms with Gasteiger partial charge in [-0.15, -0.1) is 0 Å². The molecule has 0 aliphatic heterocycles. The van der Waals surface area contributed by atoms with Crippen molar-refractivity contribution in [1.82, 2.24) is 19.9 Å². The van der Waals surface area contributed by atoms with Gasteiger partial charge in [0.15, 0.2) is 23.1 Å². The lowest BCUT2D eigenvalue weighted by molar-refractivity contribution is 0.621. The zero-order valence-electron chi connectivity index (χ0n) is 25.2. The summed E-state index contributed by atoms with van der Waals surface area (Å²) in [7, 11) is 0. The van der Waals surface area contributed by atoms with E-state index in [1.807, 2.05) is 97.1 Å². The fraction of sp³-hybridized carbons (Fsp3) is 0. The fourth-order valence-corrected chi connectivity index (χ4v) is 6.28. The van der Waals surface area contributed by atoms with Crippen LogP contribution < -0.4 is 0 Å². The molecule has 0 radical (unpaired) electrons. The summed E-state index contributed by atoms with van der Waals surface area (Å²) in [5.41, 5.74) is 7.02. The van der Waals surface area contributed by atoms with Gasteiger partial charge in [0.25, 0.3) is 0 Å². The Bertz CT molecular complexity index is 2500. The van der Waals surface area contributed by atoms with Gasteiger partial charge in [0.05, 0.1) is 0 Å². The van der Waals surface area contributed by atoms with Gasteiger partial charge in [0, 0.05) is 27.8 Å². The lowest BCUT2D eigenvalue weighted by Crippen LogP contribution is -2.00. The fourth-order valence-electron chi connectivity index (χ4n) is 6.28. The number of benzene rings is 7. The van der Waals surface area contributed by atoms with Crippen molar-refractivity contribution in [2.75, 3.05) is 0 Å². The molecule has 5 nitrogen and oxygen atoms in total. The van der Waals surface area contributed by atoms with Crippen LogP contribution >= 0.6 is 0 Å². The van der Waals surface area contributed by atoms with Crippen LogP contribution in [0.15, 0.2) is 162 Å². The highest BCUT2D eigenvalue weighted by Gasteiger charge is 2.20. The van der Waals surface area contributed by atoms with Gasteiger partial charge in [0.2, 0.25) is 5.89 Å². The lowest BCUT2D eigenvalue weighted by atomic mass is 9.92. The van der Waals surface area contributed by atoms with Crippen molar-refractivity contribution < 1.29 is 4.42 Å². The molecule has 0 N–H and O–H groups in total. The molecule has 0 aliphatic rings. The summed E-state index contributed by atoms with van der Waals surface area (Å²) in [6.07, 6.45) is 0. The zero-order valence-corrected chi connectivity index (χ0v) is 25.2. The van der Waals surface area contributed by atoms with Crippen LogP contribution in [0.25, 0.3) is 89.4 Å². The highest BCUT2D eigenvalue weighted by molar-refractivity contribution is 6.15. The van der Waals surface area contributed by atoms with E-state index in [4.69, 9.17) is 24.4 Å². The molecule has 0 saturated heterocycles. The Morgan fingerprint density at radius 1 is 0.362 bits per heavy atom. The Labute approximate surface area is 270 Å². The molecule has 0 atom stereocenters. The molecule has 0 spiro atoms. The third-order valence-corrected chi connectivity index (χ3v) is 8.53. The average molecular weight is 603 g/mol. The molecule has 0 aliphatic carbocycles. The van der Waals surface area contributed by atoms with Gasteiger partial charge in [-0.25, -0.2) is 19.9 Å². The second-order valence-corrected chi connectivity index (χ2v) is 11.5. The Kier molecular flexibility index (Phi) is 6.39. The number of fused-ring (bicyclic) bond motifs is 4. The molecule has 9 aromatic rings. The van der Waals surface area contributed by atoms with E-state index in [1.165, 1.54) is 10.8 Å². The van der Waals surface area contributed by atoms with Gasteiger partial charge in [-0.3, -0.25) is 0 Å². The smallest absolute Gasteiger partial charge is 0.227 e. The van der Waals surface area contributed by atoms with Crippen LogP contribution in [0, 0.1) is 0 Å². The minimum absolute atomic E-state index is 0.565. The first-order valence-electron chi connectivity index (χ1n) is 15.6. The lowest BCUT2D eigenvalue weighted by Gasteiger charge is -2.13. The van der Waals surface area contributed by atoms with E-state index in [-0.39, 0.29) is 0 Å². The second-order valence-electron chi connectivity index (χ2n) is 11.5. The van der Waals surface area contributed by atoms with Gasteiger partial charge < -0.3 is 4.42 Å². The van der Waals surface area contributed by atoms with Crippen molar-refractivity contribution >= 4 is 32.6 Å². The molecule has 7 aromatic carbocycles. The molecule has 2 aromatic heterocycles. The van der Waals surface area contributed by atoms with E-state index in [9.17, 15) is 0 Å². The predicted molar refractivity (Wildman–Crippen MR) is 190 cm³/mol. The number of oxazole rings is 1. The Hall–Kier alpha value is -6.46. The van der Waals surface area contributed by atoms with Crippen molar-refractivity contribution in [2.45, 2.75) is 0 Å². The van der Waals surface area contributed by atoms with Crippen molar-refractivity contribution in [3.63, 3.8) is 0 Å². The highest BCUT2D eigenvalue weighted by atomic mass is 16.3. The molecular weight excluding hydrogens is 576 g/mol. The van der Waals surface area contributed by atoms with Crippen LogP contribution in [-0.2, 0) is 0 Å². The maximum absolute atomic E-state index is 6.61. The molecule has 2 heterocycles. The second kappa shape index (κ2) is 11.2. The molecule has 0 amide bonds. The minimum atomic E-state index is 0.565. The van der Waals surface area contributed by atoms with Crippen molar-refractivity contribution in [3.8, 4) is 56.7 Å². The van der Waals surface area contributed by atoms with Crippen LogP contribution in [0.1, 0.15) is 0 Å².